The lowest BCUT2D eigenvalue weighted by Crippen LogP contribution is -2.15. The number of hydrogen-bond donors (Lipinski definition) is 0. The van der Waals surface area contributed by atoms with Gasteiger partial charge in [-0.05, 0) is 140 Å². The van der Waals surface area contributed by atoms with Crippen LogP contribution in [0.5, 0.6) is 0 Å². The van der Waals surface area contributed by atoms with E-state index in [-0.39, 0.29) is 5.41 Å². The molecule has 12 nitrogen and oxygen atoms in total. The number of hydrogen-bond acceptors (Lipinski definition) is 10. The number of nitrogens with zero attached hydrogens (tertiary/aromatic N) is 11. The summed E-state index contributed by atoms with van der Waals surface area (Å²) in [5.41, 5.74) is 21.4. The second kappa shape index (κ2) is 29.8. The molecule has 8 heterocycles. The Hall–Kier alpha value is -16.7. The van der Waals surface area contributed by atoms with Gasteiger partial charge in [-0.1, -0.05) is 329 Å². The van der Waals surface area contributed by atoms with Crippen molar-refractivity contribution in [1.82, 2.24) is 53.6 Å². The molecule has 0 saturated carbocycles. The molecule has 0 aliphatic heterocycles. The summed E-state index contributed by atoms with van der Waals surface area (Å²) in [5.74, 6) is 4.52. The Kier molecular flexibility index (Phi) is 17.2. The quantitative estimate of drug-likeness (QED) is 0.130. The molecule has 0 N–H and O–H groups in total. The average Bonchev–Trinajstić information content (AvgIpc) is 1.55. The van der Waals surface area contributed by atoms with Crippen LogP contribution in [0.2, 0.25) is 0 Å². The van der Waals surface area contributed by atoms with Crippen LogP contribution in [0.4, 0.5) is 0 Å². The summed E-state index contributed by atoms with van der Waals surface area (Å²) in [5, 5.41) is 19.5. The summed E-state index contributed by atoms with van der Waals surface area (Å²) < 4.78 is 15.8. The fourth-order valence-electron chi connectivity index (χ4n) is 19.6. The van der Waals surface area contributed by atoms with Crippen molar-refractivity contribution < 1.29 is 4.42 Å². The predicted molar refractivity (Wildman–Crippen MR) is 528 cm³/mol. The maximum Gasteiger partial charge on any atom is 0.238 e. The van der Waals surface area contributed by atoms with Gasteiger partial charge in [-0.2, -0.15) is 9.97 Å². The monoisotopic (exact) mass is 1660 g/mol. The third-order valence-corrected chi connectivity index (χ3v) is 26.8. The lowest BCUT2D eigenvalue weighted by atomic mass is 9.82. The molecule has 0 spiro atoms. The van der Waals surface area contributed by atoms with Gasteiger partial charge in [-0.3, -0.25) is 9.13 Å². The van der Waals surface area contributed by atoms with E-state index in [0.717, 1.165) is 99.5 Å². The minimum Gasteiger partial charge on any atom is -0.455 e. The van der Waals surface area contributed by atoms with Crippen LogP contribution in [0.25, 0.3) is 237 Å². The smallest absolute Gasteiger partial charge is 0.238 e. The number of fused-ring (bicyclic) bond motifs is 26. The Balaban J connectivity index is 0.000000104. The van der Waals surface area contributed by atoms with Crippen molar-refractivity contribution in [3.8, 4) is 96.9 Å². The molecule has 0 atom stereocenters. The highest BCUT2D eigenvalue weighted by atomic mass is 32.1. The highest BCUT2D eigenvalue weighted by Crippen LogP contribution is 2.52. The summed E-state index contributed by atoms with van der Waals surface area (Å²) in [6.07, 6.45) is 1.86. The SMILES string of the molecule is CC1(C)c2ccccc2-c2cc3c4ccccc4n(-c4nc(-c5ccccc5)nc(-c5ccccc5)n4)c3cc21.c1ccc(-c2nc(-c3ccccc3)nc(-c3cccc(-n4c5ccccc5c5c6sc7ccccc7c6ccc54)c3)n2)cc1.c1ccc2c(c1)oc1c2ccc2c1c1ccccc1n2-c1nccc(-c2ccc3c4ccccc4c4ccccc4c3c2)n1. The minimum atomic E-state index is -0.106. The van der Waals surface area contributed by atoms with Crippen molar-refractivity contribution in [1.29, 1.82) is 0 Å². The van der Waals surface area contributed by atoms with Crippen LogP contribution in [-0.2, 0) is 5.41 Å². The molecule has 0 saturated heterocycles. The lowest BCUT2D eigenvalue weighted by Gasteiger charge is -2.21. The van der Waals surface area contributed by atoms with Crippen LogP contribution in [-0.4, -0.2) is 53.6 Å². The molecular weight excluding hydrogens is 1580 g/mol. The Labute approximate surface area is 738 Å². The van der Waals surface area contributed by atoms with Crippen LogP contribution in [0.1, 0.15) is 25.0 Å². The van der Waals surface area contributed by atoms with Crippen molar-refractivity contribution in [2.24, 2.45) is 0 Å². The largest absolute Gasteiger partial charge is 0.455 e. The molecular formula is C115H73N11OS. The first kappa shape index (κ1) is 73.9. The topological polar surface area (TPSA) is 131 Å². The van der Waals surface area contributed by atoms with Crippen molar-refractivity contribution in [3.63, 3.8) is 0 Å². The Morgan fingerprint density at radius 1 is 0.258 bits per heavy atom. The zero-order valence-corrected chi connectivity index (χ0v) is 70.2. The minimum absolute atomic E-state index is 0.106. The number of furan rings is 1. The number of aromatic nitrogens is 11. The van der Waals surface area contributed by atoms with Gasteiger partial charge >= 0.3 is 0 Å². The number of para-hydroxylation sites is 4. The van der Waals surface area contributed by atoms with Crippen molar-refractivity contribution >= 4 is 151 Å². The third-order valence-electron chi connectivity index (χ3n) is 25.6. The van der Waals surface area contributed by atoms with Gasteiger partial charge in [0.15, 0.2) is 29.1 Å². The van der Waals surface area contributed by atoms with Gasteiger partial charge in [0.25, 0.3) is 0 Å². The summed E-state index contributed by atoms with van der Waals surface area (Å²) in [6, 6.07) is 140. The second-order valence-electron chi connectivity index (χ2n) is 33.2. The second-order valence-corrected chi connectivity index (χ2v) is 34.3. The van der Waals surface area contributed by atoms with E-state index in [2.05, 4.69) is 288 Å². The molecule has 13 heteroatoms. The van der Waals surface area contributed by atoms with E-state index < -0.39 is 0 Å². The molecule has 128 heavy (non-hydrogen) atoms. The van der Waals surface area contributed by atoms with Crippen LogP contribution in [0.15, 0.2) is 411 Å². The fourth-order valence-corrected chi connectivity index (χ4v) is 20.9. The normalized spacial score (nSPS) is 12.4. The Morgan fingerprint density at radius 3 is 1.35 bits per heavy atom. The predicted octanol–water partition coefficient (Wildman–Crippen LogP) is 29.5. The highest BCUT2D eigenvalue weighted by Gasteiger charge is 2.37. The summed E-state index contributed by atoms with van der Waals surface area (Å²) in [7, 11) is 0. The molecule has 18 aromatic carbocycles. The van der Waals surface area contributed by atoms with Gasteiger partial charge in [-0.15, -0.1) is 11.3 Å². The molecule has 1 aliphatic carbocycles. The number of thiophene rings is 1. The molecule has 1 aliphatic rings. The van der Waals surface area contributed by atoms with E-state index in [0.29, 0.717) is 41.0 Å². The van der Waals surface area contributed by atoms with Gasteiger partial charge in [0.05, 0.1) is 44.2 Å². The van der Waals surface area contributed by atoms with Crippen LogP contribution in [0, 0.1) is 0 Å². The molecule has 0 unspecified atom stereocenters. The molecule has 0 amide bonds. The Morgan fingerprint density at radius 2 is 0.719 bits per heavy atom. The highest BCUT2D eigenvalue weighted by molar-refractivity contribution is 7.26. The zero-order chi connectivity index (χ0) is 84.7. The van der Waals surface area contributed by atoms with Gasteiger partial charge in [0.1, 0.15) is 11.2 Å². The van der Waals surface area contributed by atoms with E-state index in [1.54, 1.807) is 0 Å². The van der Waals surface area contributed by atoms with Crippen molar-refractivity contribution in [3.05, 3.63) is 418 Å². The summed E-state index contributed by atoms with van der Waals surface area (Å²) in [4.78, 5) is 39.9. The first-order valence-electron chi connectivity index (χ1n) is 43.1. The average molecular weight is 1660 g/mol. The zero-order valence-electron chi connectivity index (χ0n) is 69.4. The standard InChI is InChI=1S/C40H23N3O.C39H24N4S.C36H26N4/c1-2-11-27-25(9-1)26-10-3-4-12-28(26)33-23-24(17-18-29(27)33)34-21-22-41-40(42-34)43-35-15-7-5-14-32(35)38-36(43)20-19-31-30-13-6-8-16-37(30)44-39(31)38;1-3-12-25(13-4-1)37-40-38(26-14-5-2-6-15-26)42-39(41-37)27-16-11-17-28(24-27)43-32-20-9-7-19-31(32)35-33(43)23-22-30-29-18-8-10-21-34(29)44-36(30)35;1-36(2)29-19-11-9-17-25(29)27-21-28-26-18-10-12-20-31(26)40(32(28)22-30(27)36)35-38-33(23-13-5-3-6-14-23)37-34(39-35)24-15-7-4-8-16-24/h1-23H;1-24H;3-22H,1-2H3. The summed E-state index contributed by atoms with van der Waals surface area (Å²) >= 11 is 1.87. The lowest BCUT2D eigenvalue weighted by molar-refractivity contribution is 0.661. The van der Waals surface area contributed by atoms with E-state index in [1.165, 1.54) is 107 Å². The van der Waals surface area contributed by atoms with Crippen LogP contribution in [0.3, 0.4) is 0 Å². The molecule has 8 aromatic heterocycles. The van der Waals surface area contributed by atoms with Crippen molar-refractivity contribution in [2.45, 2.75) is 19.3 Å². The van der Waals surface area contributed by atoms with Crippen LogP contribution < -0.4 is 0 Å². The van der Waals surface area contributed by atoms with Gasteiger partial charge in [-0.25, -0.2) is 29.9 Å². The van der Waals surface area contributed by atoms with E-state index in [9.17, 15) is 0 Å². The maximum atomic E-state index is 6.47. The fraction of sp³-hybridized carbons (Fsp3) is 0.0261. The van der Waals surface area contributed by atoms with E-state index >= 15 is 0 Å². The molecule has 26 aromatic rings. The first-order valence-corrected chi connectivity index (χ1v) is 43.9. The van der Waals surface area contributed by atoms with Gasteiger partial charge in [0, 0.05) is 109 Å². The molecule has 600 valence electrons. The van der Waals surface area contributed by atoms with Crippen LogP contribution >= 0.6 is 11.3 Å². The van der Waals surface area contributed by atoms with Gasteiger partial charge in [0.2, 0.25) is 11.9 Å². The van der Waals surface area contributed by atoms with Crippen molar-refractivity contribution in [2.75, 3.05) is 0 Å². The molecule has 0 radical (unpaired) electrons. The molecule has 0 bridgehead atoms. The summed E-state index contributed by atoms with van der Waals surface area (Å²) in [6.45, 7) is 4.64. The number of benzene rings is 18. The number of rotatable bonds is 9. The maximum absolute atomic E-state index is 6.47. The van der Waals surface area contributed by atoms with Gasteiger partial charge < -0.3 is 8.98 Å². The molecule has 0 fully saturated rings. The van der Waals surface area contributed by atoms with E-state index in [1.807, 2.05) is 157 Å². The Bertz CT molecular complexity index is 8850. The molecule has 27 rings (SSSR count). The first-order chi connectivity index (χ1) is 63.2. The third kappa shape index (κ3) is 12.0. The van der Waals surface area contributed by atoms with E-state index in [4.69, 9.17) is 44.3 Å².